The first kappa shape index (κ1) is 13.6. The zero-order chi connectivity index (χ0) is 13.7. The van der Waals surface area contributed by atoms with Crippen molar-refractivity contribution in [2.24, 2.45) is 4.74 Å². The second kappa shape index (κ2) is 5.85. The van der Waals surface area contributed by atoms with Gasteiger partial charge in [-0.3, -0.25) is 0 Å². The van der Waals surface area contributed by atoms with Crippen LogP contribution in [0, 0.1) is 0 Å². The van der Waals surface area contributed by atoms with Crippen molar-refractivity contribution in [3.05, 3.63) is 60.7 Å². The highest BCUT2D eigenvalue weighted by molar-refractivity contribution is 7.81. The summed E-state index contributed by atoms with van der Waals surface area (Å²) in [5.74, 6) is 0. The molecule has 3 nitrogen and oxygen atoms in total. The maximum absolute atomic E-state index is 11.2. The van der Waals surface area contributed by atoms with Crippen LogP contribution < -0.4 is 10.6 Å². The van der Waals surface area contributed by atoms with Crippen molar-refractivity contribution in [3.8, 4) is 0 Å². The monoisotopic (exact) mass is 273 g/mol. The van der Waals surface area contributed by atoms with E-state index in [1.165, 1.54) is 0 Å². The normalized spacial score (nSPS) is 11.0. The molecule has 2 rings (SSSR count). The number of nitrogens with zero attached hydrogens (tertiary/aromatic N) is 1. The molecule has 0 saturated heterocycles. The molecule has 0 spiro atoms. The second-order valence-corrected chi connectivity index (χ2v) is 7.54. The Hall–Kier alpha value is -1.86. The van der Waals surface area contributed by atoms with Crippen molar-refractivity contribution < 1.29 is 9.90 Å². The van der Waals surface area contributed by atoms with Gasteiger partial charge in [-0.1, -0.05) is 67.6 Å². The Bertz CT molecular complexity index is 565. The van der Waals surface area contributed by atoms with Crippen LogP contribution in [-0.2, 0) is 0 Å². The molecule has 0 aliphatic rings. The smallest absolute Gasteiger partial charge is 0.430 e. The van der Waals surface area contributed by atoms with Gasteiger partial charge in [-0.2, -0.15) is 4.74 Å². The molecule has 1 N–H and O–H groups in total. The van der Waals surface area contributed by atoms with Crippen molar-refractivity contribution in [3.63, 3.8) is 0 Å². The van der Waals surface area contributed by atoms with E-state index < -0.39 is 13.1 Å². The molecule has 0 aliphatic carbocycles. The van der Waals surface area contributed by atoms with Gasteiger partial charge >= 0.3 is 6.09 Å². The molecule has 0 radical (unpaired) electrons. The van der Waals surface area contributed by atoms with E-state index in [0.717, 1.165) is 10.6 Å². The van der Waals surface area contributed by atoms with Crippen LogP contribution in [0.3, 0.4) is 0 Å². The molecule has 0 aromatic heterocycles. The summed E-state index contributed by atoms with van der Waals surface area (Å²) in [5.41, 5.74) is 0. The number of hydrogen-bond donors (Lipinski definition) is 1. The van der Waals surface area contributed by atoms with Gasteiger partial charge in [0, 0.05) is 7.05 Å². The lowest BCUT2D eigenvalue weighted by Gasteiger charge is -2.23. The predicted molar refractivity (Wildman–Crippen MR) is 80.1 cm³/mol. The highest BCUT2D eigenvalue weighted by Crippen LogP contribution is 2.46. The second-order valence-electron chi connectivity index (χ2n) is 4.14. The molecule has 0 heterocycles. The van der Waals surface area contributed by atoms with Crippen molar-refractivity contribution in [1.29, 1.82) is 0 Å². The summed E-state index contributed by atoms with van der Waals surface area (Å²) in [6.45, 7) is 2.00. The van der Waals surface area contributed by atoms with Gasteiger partial charge in [0.1, 0.15) is 0 Å². The summed E-state index contributed by atoms with van der Waals surface area (Å²) >= 11 is 0. The Kier molecular flexibility index (Phi) is 4.18. The molecule has 0 fully saturated rings. The average molecular weight is 273 g/mol. The fourth-order valence-corrected chi connectivity index (χ4v) is 5.22. The van der Waals surface area contributed by atoms with Gasteiger partial charge in [-0.05, 0) is 16.8 Å². The molecule has 0 aliphatic heterocycles. The van der Waals surface area contributed by atoms with E-state index in [2.05, 4.69) is 4.74 Å². The molecule has 1 amide bonds. The fourth-order valence-electron chi connectivity index (χ4n) is 2.20. The highest BCUT2D eigenvalue weighted by atomic mass is 31.2. The molecular formula is C15H16NO2P. The first-order chi connectivity index (χ1) is 9.19. The van der Waals surface area contributed by atoms with E-state index in [1.807, 2.05) is 67.6 Å². The molecule has 0 bridgehead atoms. The van der Waals surface area contributed by atoms with Crippen LogP contribution >= 0.6 is 7.05 Å². The molecule has 98 valence electrons. The number of benzene rings is 2. The van der Waals surface area contributed by atoms with Gasteiger partial charge < -0.3 is 5.11 Å². The van der Waals surface area contributed by atoms with E-state index in [0.29, 0.717) is 6.16 Å². The maximum Gasteiger partial charge on any atom is 0.430 e. The summed E-state index contributed by atoms with van der Waals surface area (Å²) in [4.78, 5) is 11.2. The minimum atomic E-state index is -2.21. The van der Waals surface area contributed by atoms with Crippen LogP contribution in [0.15, 0.2) is 65.4 Å². The highest BCUT2D eigenvalue weighted by Gasteiger charge is 2.23. The molecule has 2 aromatic rings. The number of rotatable bonds is 3. The summed E-state index contributed by atoms with van der Waals surface area (Å²) in [6.07, 6.45) is -0.393. The van der Waals surface area contributed by atoms with Crippen molar-refractivity contribution in [2.75, 3.05) is 6.16 Å². The number of hydrogen-bond acceptors (Lipinski definition) is 1. The van der Waals surface area contributed by atoms with Crippen LogP contribution in [0.4, 0.5) is 4.79 Å². The van der Waals surface area contributed by atoms with Gasteiger partial charge in [-0.15, -0.1) is 0 Å². The van der Waals surface area contributed by atoms with E-state index in [9.17, 15) is 4.79 Å². The van der Waals surface area contributed by atoms with Crippen LogP contribution in [0.1, 0.15) is 6.92 Å². The molecule has 19 heavy (non-hydrogen) atoms. The van der Waals surface area contributed by atoms with E-state index in [4.69, 9.17) is 5.11 Å². The van der Waals surface area contributed by atoms with Crippen LogP contribution in [0.5, 0.6) is 0 Å². The minimum Gasteiger partial charge on any atom is -0.463 e. The molecule has 0 saturated carbocycles. The Labute approximate surface area is 113 Å². The lowest BCUT2D eigenvalue weighted by atomic mass is 10.4. The Morgan fingerprint density at radius 2 is 1.42 bits per heavy atom. The van der Waals surface area contributed by atoms with E-state index in [1.54, 1.807) is 0 Å². The Morgan fingerprint density at radius 3 is 1.74 bits per heavy atom. The maximum atomic E-state index is 11.2. The average Bonchev–Trinajstić information content (AvgIpc) is 2.46. The molecule has 0 atom stereocenters. The number of amides is 1. The topological polar surface area (TPSA) is 49.7 Å². The summed E-state index contributed by atoms with van der Waals surface area (Å²) in [5, 5.41) is 11.2. The first-order valence-electron chi connectivity index (χ1n) is 6.14. The summed E-state index contributed by atoms with van der Waals surface area (Å²) in [6, 6.07) is 19.5. The molecule has 0 unspecified atom stereocenters. The van der Waals surface area contributed by atoms with Crippen LogP contribution in [0.2, 0.25) is 0 Å². The van der Waals surface area contributed by atoms with E-state index >= 15 is 0 Å². The lowest BCUT2D eigenvalue weighted by molar-refractivity contribution is 0.206. The summed E-state index contributed by atoms with van der Waals surface area (Å²) in [7, 11) is -2.21. The zero-order valence-electron chi connectivity index (χ0n) is 10.7. The first-order valence-corrected chi connectivity index (χ1v) is 8.07. The quantitative estimate of drug-likeness (QED) is 0.869. The van der Waals surface area contributed by atoms with Gasteiger partial charge in [0.25, 0.3) is 0 Å². The van der Waals surface area contributed by atoms with Gasteiger partial charge in [-0.25, -0.2) is 4.79 Å². The third kappa shape index (κ3) is 2.77. The van der Waals surface area contributed by atoms with Crippen molar-refractivity contribution >= 4 is 23.8 Å². The van der Waals surface area contributed by atoms with Crippen molar-refractivity contribution in [2.45, 2.75) is 6.92 Å². The molecule has 2 aromatic carbocycles. The largest absolute Gasteiger partial charge is 0.463 e. The predicted octanol–water partition coefficient (Wildman–Crippen LogP) is 3.54. The standard InChI is InChI=1S/C15H16NO2P/c1-2-19(16-15(17)18,13-9-5-3-6-10-13)14-11-7-4-8-12-14/h3-12H,2H2,1H3,(H,17,18). The molecule has 4 heteroatoms. The Morgan fingerprint density at radius 1 is 1.00 bits per heavy atom. The number of carbonyl (C=O) groups is 1. The van der Waals surface area contributed by atoms with Crippen LogP contribution in [0.25, 0.3) is 0 Å². The van der Waals surface area contributed by atoms with Crippen molar-refractivity contribution in [1.82, 2.24) is 0 Å². The zero-order valence-corrected chi connectivity index (χ0v) is 11.6. The fraction of sp³-hybridized carbons (Fsp3) is 0.133. The van der Waals surface area contributed by atoms with Gasteiger partial charge in [0.15, 0.2) is 0 Å². The third-order valence-corrected chi connectivity index (χ3v) is 6.81. The summed E-state index contributed by atoms with van der Waals surface area (Å²) < 4.78 is 4.10. The lowest BCUT2D eigenvalue weighted by Crippen LogP contribution is -2.18. The Balaban J connectivity index is 2.74. The van der Waals surface area contributed by atoms with E-state index in [-0.39, 0.29) is 0 Å². The van der Waals surface area contributed by atoms with Gasteiger partial charge in [0.05, 0.1) is 0 Å². The van der Waals surface area contributed by atoms with Crippen LogP contribution in [-0.4, -0.2) is 17.4 Å². The molecular weight excluding hydrogens is 257 g/mol. The third-order valence-electron chi connectivity index (χ3n) is 3.08. The SMILES string of the molecule is CCP(=NC(=O)O)(c1ccccc1)c1ccccc1. The minimum absolute atomic E-state index is 0.702. The van der Waals surface area contributed by atoms with Gasteiger partial charge in [0.2, 0.25) is 0 Å². The number of carboxylic acid groups (broad SMARTS) is 1.